The molecular weight excluding hydrogens is 206 g/mol. The van der Waals surface area contributed by atoms with E-state index in [-0.39, 0.29) is 5.57 Å². The molecule has 0 fully saturated rings. The van der Waals surface area contributed by atoms with Gasteiger partial charge in [-0.2, -0.15) is 0 Å². The monoisotopic (exact) mass is 217 g/mol. The van der Waals surface area contributed by atoms with Gasteiger partial charge < -0.3 is 20.6 Å². The molecule has 0 spiro atoms. The second kappa shape index (κ2) is 5.76. The quantitative estimate of drug-likeness (QED) is 0.405. The minimum Gasteiger partial charge on any atom is -0.479 e. The van der Waals surface area contributed by atoms with E-state index in [1.165, 1.54) is 0 Å². The molecule has 0 aliphatic carbocycles. The zero-order chi connectivity index (χ0) is 12.0. The van der Waals surface area contributed by atoms with Crippen molar-refractivity contribution in [1.29, 1.82) is 0 Å². The van der Waals surface area contributed by atoms with E-state index in [1.807, 2.05) is 0 Å². The van der Waals surface area contributed by atoms with Gasteiger partial charge in [0.15, 0.2) is 6.10 Å². The molecule has 0 radical (unpaired) electrons. The van der Waals surface area contributed by atoms with Gasteiger partial charge in [-0.25, -0.2) is 9.59 Å². The molecule has 0 saturated heterocycles. The summed E-state index contributed by atoms with van der Waals surface area (Å²) in [5.41, 5.74) is -0.308. The first-order valence-electron chi connectivity index (χ1n) is 3.93. The molecule has 0 bridgehead atoms. The number of carboxylic acids is 2. The number of rotatable bonds is 6. The van der Waals surface area contributed by atoms with Crippen molar-refractivity contribution in [3.63, 3.8) is 0 Å². The van der Waals surface area contributed by atoms with Crippen LogP contribution in [0, 0.1) is 0 Å². The molecule has 15 heavy (non-hydrogen) atoms. The van der Waals surface area contributed by atoms with Crippen molar-refractivity contribution >= 4 is 17.8 Å². The van der Waals surface area contributed by atoms with Crippen molar-refractivity contribution in [3.05, 3.63) is 12.2 Å². The first kappa shape index (κ1) is 13.1. The normalized spacial score (nSPS) is 11.5. The summed E-state index contributed by atoms with van der Waals surface area (Å²) in [6.07, 6.45) is -2.14. The largest absolute Gasteiger partial charge is 0.479 e. The highest BCUT2D eigenvalue weighted by atomic mass is 16.4. The predicted molar refractivity (Wildman–Crippen MR) is 48.0 cm³/mol. The molecule has 0 aromatic rings. The molecule has 4 N–H and O–H groups in total. The molecule has 7 nitrogen and oxygen atoms in total. The fraction of sp³-hybridized carbons (Fsp3) is 0.375. The van der Waals surface area contributed by atoms with Crippen LogP contribution in [-0.4, -0.2) is 45.8 Å². The highest BCUT2D eigenvalue weighted by molar-refractivity contribution is 5.93. The molecule has 1 amide bonds. The number of carbonyl (C=O) groups is 3. The van der Waals surface area contributed by atoms with Gasteiger partial charge in [0.05, 0.1) is 13.0 Å². The molecule has 84 valence electrons. The predicted octanol–water partition coefficient (Wildman–Crippen LogP) is -1.42. The van der Waals surface area contributed by atoms with E-state index in [9.17, 15) is 14.4 Å². The smallest absolute Gasteiger partial charge is 0.334 e. The number of aliphatic carboxylic acids is 2. The van der Waals surface area contributed by atoms with Gasteiger partial charge in [-0.3, -0.25) is 4.79 Å². The summed E-state index contributed by atoms with van der Waals surface area (Å²) < 4.78 is 0. The van der Waals surface area contributed by atoms with Gasteiger partial charge in [0.1, 0.15) is 0 Å². The average Bonchev–Trinajstić information content (AvgIpc) is 2.13. The first-order valence-corrected chi connectivity index (χ1v) is 3.93. The second-order valence-corrected chi connectivity index (χ2v) is 2.74. The van der Waals surface area contributed by atoms with Crippen LogP contribution in [0.3, 0.4) is 0 Å². The van der Waals surface area contributed by atoms with Crippen LogP contribution < -0.4 is 5.32 Å². The van der Waals surface area contributed by atoms with E-state index >= 15 is 0 Å². The Morgan fingerprint density at radius 1 is 1.27 bits per heavy atom. The van der Waals surface area contributed by atoms with Gasteiger partial charge in [0.25, 0.3) is 0 Å². The fourth-order valence-electron chi connectivity index (χ4n) is 0.630. The summed E-state index contributed by atoms with van der Waals surface area (Å²) in [6.45, 7) is 2.65. The molecular formula is C8H11NO6. The van der Waals surface area contributed by atoms with Crippen LogP contribution in [-0.2, 0) is 14.4 Å². The van der Waals surface area contributed by atoms with E-state index in [2.05, 4.69) is 11.9 Å². The van der Waals surface area contributed by atoms with Gasteiger partial charge >= 0.3 is 11.9 Å². The van der Waals surface area contributed by atoms with Crippen molar-refractivity contribution < 1.29 is 29.7 Å². The minimum atomic E-state index is -1.70. The lowest BCUT2D eigenvalue weighted by Gasteiger charge is -2.07. The van der Waals surface area contributed by atoms with Crippen molar-refractivity contribution in [3.8, 4) is 0 Å². The Hall–Kier alpha value is -1.89. The standard InChI is InChI=1S/C8H11NO6/c1-4(7(12)13)2-6(11)9-3-5(10)8(14)15/h5,10H,1-3H2,(H,9,11)(H,12,13)(H,14,15). The van der Waals surface area contributed by atoms with Gasteiger partial charge in [0, 0.05) is 5.57 Å². The molecule has 0 heterocycles. The lowest BCUT2D eigenvalue weighted by atomic mass is 10.2. The minimum absolute atomic E-state index is 0.308. The molecule has 0 aliphatic rings. The Balaban J connectivity index is 3.91. The first-order chi connectivity index (χ1) is 6.84. The van der Waals surface area contributed by atoms with E-state index < -0.39 is 36.9 Å². The summed E-state index contributed by atoms with van der Waals surface area (Å²) in [4.78, 5) is 31.3. The zero-order valence-corrected chi connectivity index (χ0v) is 7.77. The Bertz CT molecular complexity index is 298. The Labute approximate surface area is 85.0 Å². The summed E-state index contributed by atoms with van der Waals surface area (Å²) in [6, 6.07) is 0. The van der Waals surface area contributed by atoms with Crippen LogP contribution in [0.25, 0.3) is 0 Å². The lowest BCUT2D eigenvalue weighted by Crippen LogP contribution is -2.36. The highest BCUT2D eigenvalue weighted by Crippen LogP contribution is 1.97. The summed E-state index contributed by atoms with van der Waals surface area (Å²) in [5.74, 6) is -3.47. The van der Waals surface area contributed by atoms with Crippen molar-refractivity contribution in [2.45, 2.75) is 12.5 Å². The van der Waals surface area contributed by atoms with Crippen molar-refractivity contribution in [1.82, 2.24) is 5.32 Å². The summed E-state index contributed by atoms with van der Waals surface area (Å²) in [7, 11) is 0. The number of hydrogen-bond acceptors (Lipinski definition) is 4. The number of hydrogen-bond donors (Lipinski definition) is 4. The molecule has 1 unspecified atom stereocenters. The maximum atomic E-state index is 10.9. The van der Waals surface area contributed by atoms with Crippen molar-refractivity contribution in [2.75, 3.05) is 6.54 Å². The van der Waals surface area contributed by atoms with E-state index in [0.29, 0.717) is 0 Å². The van der Waals surface area contributed by atoms with Gasteiger partial charge in [-0.1, -0.05) is 6.58 Å². The van der Waals surface area contributed by atoms with Gasteiger partial charge in [-0.15, -0.1) is 0 Å². The molecule has 0 aromatic heterocycles. The Morgan fingerprint density at radius 3 is 2.20 bits per heavy atom. The average molecular weight is 217 g/mol. The van der Waals surface area contributed by atoms with Crippen LogP contribution in [0.1, 0.15) is 6.42 Å². The molecule has 0 rings (SSSR count). The highest BCUT2D eigenvalue weighted by Gasteiger charge is 2.15. The molecule has 1 atom stereocenters. The zero-order valence-electron chi connectivity index (χ0n) is 7.77. The van der Waals surface area contributed by atoms with E-state index in [0.717, 1.165) is 0 Å². The lowest BCUT2D eigenvalue weighted by molar-refractivity contribution is -0.146. The Kier molecular flexibility index (Phi) is 5.03. The second-order valence-electron chi connectivity index (χ2n) is 2.74. The van der Waals surface area contributed by atoms with Gasteiger partial charge in [-0.05, 0) is 0 Å². The third-order valence-corrected chi connectivity index (χ3v) is 1.45. The fourth-order valence-corrected chi connectivity index (χ4v) is 0.630. The van der Waals surface area contributed by atoms with Crippen LogP contribution in [0.15, 0.2) is 12.2 Å². The summed E-state index contributed by atoms with van der Waals surface area (Å²) in [5, 5.41) is 27.4. The number of aliphatic hydroxyl groups is 1. The third-order valence-electron chi connectivity index (χ3n) is 1.45. The number of amides is 1. The third kappa shape index (κ3) is 5.42. The SMILES string of the molecule is C=C(CC(=O)NCC(O)C(=O)O)C(=O)O. The topological polar surface area (TPSA) is 124 Å². The summed E-state index contributed by atoms with van der Waals surface area (Å²) >= 11 is 0. The van der Waals surface area contributed by atoms with Crippen LogP contribution in [0.4, 0.5) is 0 Å². The number of carboxylic acid groups (broad SMARTS) is 2. The molecule has 0 aliphatic heterocycles. The van der Waals surface area contributed by atoms with Crippen LogP contribution in [0.5, 0.6) is 0 Å². The number of aliphatic hydroxyl groups excluding tert-OH is 1. The van der Waals surface area contributed by atoms with Crippen molar-refractivity contribution in [2.24, 2.45) is 0 Å². The molecule has 0 saturated carbocycles. The van der Waals surface area contributed by atoms with Gasteiger partial charge in [0.2, 0.25) is 5.91 Å². The molecule has 0 aromatic carbocycles. The van der Waals surface area contributed by atoms with E-state index in [1.54, 1.807) is 0 Å². The maximum Gasteiger partial charge on any atom is 0.334 e. The van der Waals surface area contributed by atoms with Crippen LogP contribution in [0.2, 0.25) is 0 Å². The van der Waals surface area contributed by atoms with E-state index in [4.69, 9.17) is 15.3 Å². The maximum absolute atomic E-state index is 10.9. The number of nitrogens with one attached hydrogen (secondary N) is 1. The Morgan fingerprint density at radius 2 is 1.80 bits per heavy atom. The molecule has 7 heteroatoms. The number of carbonyl (C=O) groups excluding carboxylic acids is 1. The van der Waals surface area contributed by atoms with Crippen LogP contribution >= 0.6 is 0 Å².